The van der Waals surface area contributed by atoms with Gasteiger partial charge in [-0.05, 0) is 38.8 Å². The standard InChI is InChI=1S/C15H22N2O4S/c1-12(2)21-16-15(18)14-10-6-7-11-17(14)22(19,20)13-8-4-3-5-9-13/h3-5,8-9,12,14H,6-7,10-11H2,1-2H3,(H,16,18). The molecule has 22 heavy (non-hydrogen) atoms. The van der Waals surface area contributed by atoms with Gasteiger partial charge in [0, 0.05) is 6.54 Å². The van der Waals surface area contributed by atoms with E-state index in [9.17, 15) is 13.2 Å². The van der Waals surface area contributed by atoms with Gasteiger partial charge in [-0.2, -0.15) is 4.31 Å². The number of hydrogen-bond acceptors (Lipinski definition) is 4. The molecule has 1 aliphatic rings. The summed E-state index contributed by atoms with van der Waals surface area (Å²) in [6.07, 6.45) is 1.91. The van der Waals surface area contributed by atoms with E-state index in [1.165, 1.54) is 4.31 Å². The van der Waals surface area contributed by atoms with Crippen molar-refractivity contribution in [3.05, 3.63) is 30.3 Å². The van der Waals surface area contributed by atoms with Crippen molar-refractivity contribution in [1.29, 1.82) is 0 Å². The lowest BCUT2D eigenvalue weighted by molar-refractivity contribution is -0.141. The van der Waals surface area contributed by atoms with Gasteiger partial charge in [0.05, 0.1) is 11.0 Å². The molecule has 2 rings (SSSR count). The van der Waals surface area contributed by atoms with Gasteiger partial charge in [-0.3, -0.25) is 9.63 Å². The van der Waals surface area contributed by atoms with E-state index in [4.69, 9.17) is 4.84 Å². The zero-order chi connectivity index (χ0) is 16.2. The van der Waals surface area contributed by atoms with Crippen molar-refractivity contribution in [2.24, 2.45) is 0 Å². The molecule has 122 valence electrons. The maximum Gasteiger partial charge on any atom is 0.261 e. The second kappa shape index (κ2) is 7.21. The molecule has 0 aliphatic carbocycles. The lowest BCUT2D eigenvalue weighted by Crippen LogP contribution is -2.52. The molecular formula is C15H22N2O4S. The van der Waals surface area contributed by atoms with Gasteiger partial charge < -0.3 is 0 Å². The van der Waals surface area contributed by atoms with Crippen molar-refractivity contribution < 1.29 is 18.0 Å². The minimum Gasteiger partial charge on any atom is -0.271 e. The first-order chi connectivity index (χ1) is 10.4. The highest BCUT2D eigenvalue weighted by Gasteiger charge is 2.37. The average Bonchev–Trinajstić information content (AvgIpc) is 2.53. The first-order valence-electron chi connectivity index (χ1n) is 7.45. The third-order valence-corrected chi connectivity index (χ3v) is 5.42. The molecule has 1 amide bonds. The van der Waals surface area contributed by atoms with E-state index in [1.54, 1.807) is 44.2 Å². The first kappa shape index (κ1) is 16.9. The quantitative estimate of drug-likeness (QED) is 0.836. The number of sulfonamides is 1. The van der Waals surface area contributed by atoms with Crippen LogP contribution < -0.4 is 5.48 Å². The summed E-state index contributed by atoms with van der Waals surface area (Å²) in [5, 5.41) is 0. The van der Waals surface area contributed by atoms with Crippen LogP contribution in [0.1, 0.15) is 33.1 Å². The van der Waals surface area contributed by atoms with Gasteiger partial charge in [-0.25, -0.2) is 13.9 Å². The maximum atomic E-state index is 12.7. The largest absolute Gasteiger partial charge is 0.271 e. The fraction of sp³-hybridized carbons (Fsp3) is 0.533. The van der Waals surface area contributed by atoms with Crippen LogP contribution in [0.4, 0.5) is 0 Å². The molecule has 1 atom stereocenters. The second-order valence-electron chi connectivity index (χ2n) is 5.57. The molecule has 1 aliphatic heterocycles. The number of piperidine rings is 1. The summed E-state index contributed by atoms with van der Waals surface area (Å²) in [6, 6.07) is 7.47. The fourth-order valence-corrected chi connectivity index (χ4v) is 4.10. The Kier molecular flexibility index (Phi) is 5.55. The molecule has 0 spiro atoms. The molecular weight excluding hydrogens is 304 g/mol. The molecule has 1 N–H and O–H groups in total. The maximum absolute atomic E-state index is 12.7. The van der Waals surface area contributed by atoms with Crippen LogP contribution in [0.5, 0.6) is 0 Å². The summed E-state index contributed by atoms with van der Waals surface area (Å²) in [6.45, 7) is 3.93. The third-order valence-electron chi connectivity index (χ3n) is 3.50. The Bertz CT molecular complexity index is 601. The van der Waals surface area contributed by atoms with Crippen molar-refractivity contribution in [1.82, 2.24) is 9.79 Å². The molecule has 7 heteroatoms. The zero-order valence-corrected chi connectivity index (χ0v) is 13.7. The SMILES string of the molecule is CC(C)ONC(=O)C1CCCCN1S(=O)(=O)c1ccccc1. The van der Waals surface area contributed by atoms with Crippen molar-refractivity contribution in [2.45, 2.75) is 50.2 Å². The number of benzene rings is 1. The van der Waals surface area contributed by atoms with Crippen LogP contribution in [-0.4, -0.2) is 37.3 Å². The van der Waals surface area contributed by atoms with E-state index in [0.29, 0.717) is 13.0 Å². The van der Waals surface area contributed by atoms with Crippen LogP contribution >= 0.6 is 0 Å². The van der Waals surface area contributed by atoms with E-state index in [1.807, 2.05) is 0 Å². The lowest BCUT2D eigenvalue weighted by Gasteiger charge is -2.33. The summed E-state index contributed by atoms with van der Waals surface area (Å²) in [5.74, 6) is -0.409. The normalized spacial score (nSPS) is 20.0. The molecule has 6 nitrogen and oxygen atoms in total. The number of amides is 1. The molecule has 1 heterocycles. The van der Waals surface area contributed by atoms with Gasteiger partial charge in [-0.1, -0.05) is 24.6 Å². The molecule has 1 aromatic carbocycles. The minimum absolute atomic E-state index is 0.160. The minimum atomic E-state index is -3.68. The molecule has 0 aromatic heterocycles. The Labute approximate surface area is 131 Å². The van der Waals surface area contributed by atoms with Crippen molar-refractivity contribution in [3.8, 4) is 0 Å². The van der Waals surface area contributed by atoms with E-state index in [0.717, 1.165) is 12.8 Å². The smallest absolute Gasteiger partial charge is 0.261 e. The predicted molar refractivity (Wildman–Crippen MR) is 82.3 cm³/mol. The number of nitrogens with one attached hydrogen (secondary N) is 1. The van der Waals surface area contributed by atoms with Crippen molar-refractivity contribution in [3.63, 3.8) is 0 Å². The molecule has 1 aromatic rings. The van der Waals surface area contributed by atoms with Crippen molar-refractivity contribution >= 4 is 15.9 Å². The predicted octanol–water partition coefficient (Wildman–Crippen LogP) is 1.69. The van der Waals surface area contributed by atoms with Gasteiger partial charge in [0.2, 0.25) is 10.0 Å². The topological polar surface area (TPSA) is 75.7 Å². The van der Waals surface area contributed by atoms with E-state index < -0.39 is 22.0 Å². The highest BCUT2D eigenvalue weighted by molar-refractivity contribution is 7.89. The number of rotatable bonds is 5. The second-order valence-corrected chi connectivity index (χ2v) is 7.46. The highest BCUT2D eigenvalue weighted by atomic mass is 32.2. The summed E-state index contributed by atoms with van der Waals surface area (Å²) in [5.41, 5.74) is 2.36. The Morgan fingerprint density at radius 1 is 1.27 bits per heavy atom. The monoisotopic (exact) mass is 326 g/mol. The first-order valence-corrected chi connectivity index (χ1v) is 8.89. The number of hydrogen-bond donors (Lipinski definition) is 1. The molecule has 0 saturated carbocycles. The van der Waals surface area contributed by atoms with E-state index >= 15 is 0 Å². The molecule has 0 bridgehead atoms. The molecule has 0 radical (unpaired) electrons. The summed E-state index contributed by atoms with van der Waals surface area (Å²) in [4.78, 5) is 17.6. The average molecular weight is 326 g/mol. The van der Waals surface area contributed by atoms with E-state index in [2.05, 4.69) is 5.48 Å². The van der Waals surface area contributed by atoms with Gasteiger partial charge in [-0.15, -0.1) is 0 Å². The van der Waals surface area contributed by atoms with Gasteiger partial charge in [0.1, 0.15) is 6.04 Å². The Balaban J connectivity index is 2.21. The third kappa shape index (κ3) is 3.85. The number of hydroxylamine groups is 1. The Morgan fingerprint density at radius 2 is 1.95 bits per heavy atom. The van der Waals surface area contributed by atoms with E-state index in [-0.39, 0.29) is 11.0 Å². The van der Waals surface area contributed by atoms with Gasteiger partial charge in [0.15, 0.2) is 0 Å². The van der Waals surface area contributed by atoms with Crippen LogP contribution in [0.3, 0.4) is 0 Å². The zero-order valence-electron chi connectivity index (χ0n) is 12.9. The van der Waals surface area contributed by atoms with Crippen LogP contribution in [0.15, 0.2) is 35.2 Å². The summed E-state index contributed by atoms with van der Waals surface area (Å²) >= 11 is 0. The summed E-state index contributed by atoms with van der Waals surface area (Å²) < 4.78 is 26.8. The number of carbonyl (C=O) groups is 1. The number of carbonyl (C=O) groups excluding carboxylic acids is 1. The molecule has 1 saturated heterocycles. The Hall–Kier alpha value is -1.44. The lowest BCUT2D eigenvalue weighted by atomic mass is 10.0. The molecule has 1 fully saturated rings. The van der Waals surface area contributed by atoms with Gasteiger partial charge >= 0.3 is 0 Å². The van der Waals surface area contributed by atoms with Crippen LogP contribution in [0.25, 0.3) is 0 Å². The molecule has 1 unspecified atom stereocenters. The fourth-order valence-electron chi connectivity index (χ4n) is 2.43. The number of nitrogens with zero attached hydrogens (tertiary/aromatic N) is 1. The van der Waals surface area contributed by atoms with Gasteiger partial charge in [0.25, 0.3) is 5.91 Å². The van der Waals surface area contributed by atoms with Crippen LogP contribution in [0.2, 0.25) is 0 Å². The van der Waals surface area contributed by atoms with Crippen LogP contribution in [0, 0.1) is 0 Å². The highest BCUT2D eigenvalue weighted by Crippen LogP contribution is 2.25. The van der Waals surface area contributed by atoms with Crippen LogP contribution in [-0.2, 0) is 19.7 Å². The summed E-state index contributed by atoms with van der Waals surface area (Å²) in [7, 11) is -3.68. The van der Waals surface area contributed by atoms with Crippen molar-refractivity contribution in [2.75, 3.05) is 6.54 Å². The Morgan fingerprint density at radius 3 is 2.59 bits per heavy atom.